The van der Waals surface area contributed by atoms with Crippen LogP contribution in [-0.4, -0.2) is 19.2 Å². The van der Waals surface area contributed by atoms with E-state index in [0.29, 0.717) is 18.2 Å². The first kappa shape index (κ1) is 9.34. The topological polar surface area (TPSA) is 38.3 Å². The average molecular weight is 212 g/mol. The molecule has 1 aromatic carbocycles. The highest BCUT2D eigenvalue weighted by Crippen LogP contribution is 2.21. The van der Waals surface area contributed by atoms with Crippen LogP contribution in [0.2, 0.25) is 5.02 Å². The molecule has 1 amide bonds. The molecule has 0 aliphatic carbocycles. The van der Waals surface area contributed by atoms with Crippen LogP contribution < -0.4 is 5.32 Å². The summed E-state index contributed by atoms with van der Waals surface area (Å²) in [4.78, 5) is 10.7. The van der Waals surface area contributed by atoms with Gasteiger partial charge in [0.25, 0.3) is 0 Å². The second-order valence-electron chi connectivity index (χ2n) is 3.23. The summed E-state index contributed by atoms with van der Waals surface area (Å²) in [6.45, 7) is 1.03. The lowest BCUT2D eigenvalue weighted by atomic mass is 9.99. The lowest BCUT2D eigenvalue weighted by molar-refractivity contribution is 0.120. The number of rotatable bonds is 1. The molecule has 4 heteroatoms. The summed E-state index contributed by atoms with van der Waals surface area (Å²) in [5.41, 5.74) is 1.09. The predicted molar refractivity (Wildman–Crippen MR) is 53.5 cm³/mol. The number of alkyl carbamates (subject to hydrolysis) is 1. The molecule has 0 radical (unpaired) electrons. The summed E-state index contributed by atoms with van der Waals surface area (Å²) in [6.07, 6.45) is -0.344. The Morgan fingerprint density at radius 2 is 2.36 bits per heavy atom. The van der Waals surface area contributed by atoms with E-state index in [1.54, 1.807) is 0 Å². The van der Waals surface area contributed by atoms with Gasteiger partial charge in [0.2, 0.25) is 0 Å². The second kappa shape index (κ2) is 3.88. The Morgan fingerprint density at radius 3 is 3.00 bits per heavy atom. The number of halogens is 1. The Balaban J connectivity index is 2.12. The van der Waals surface area contributed by atoms with Crippen molar-refractivity contribution >= 4 is 17.7 Å². The molecule has 1 aromatic rings. The van der Waals surface area contributed by atoms with Gasteiger partial charge in [0.05, 0.1) is 0 Å². The number of ether oxygens (including phenoxy) is 1. The van der Waals surface area contributed by atoms with Crippen LogP contribution in [0.25, 0.3) is 0 Å². The lowest BCUT2D eigenvalue weighted by Gasteiger charge is -2.23. The Bertz CT molecular complexity index is 344. The van der Waals surface area contributed by atoms with Crippen LogP contribution in [0.4, 0.5) is 4.79 Å². The first-order valence-corrected chi connectivity index (χ1v) is 4.79. The number of cyclic esters (lactones) is 1. The van der Waals surface area contributed by atoms with E-state index in [0.717, 1.165) is 5.56 Å². The molecule has 0 aromatic heterocycles. The third-order valence-electron chi connectivity index (χ3n) is 2.23. The van der Waals surface area contributed by atoms with Crippen LogP contribution >= 0.6 is 11.6 Å². The van der Waals surface area contributed by atoms with Crippen molar-refractivity contribution < 1.29 is 9.53 Å². The molecule has 1 aliphatic heterocycles. The second-order valence-corrected chi connectivity index (χ2v) is 3.67. The van der Waals surface area contributed by atoms with E-state index < -0.39 is 0 Å². The molecule has 2 rings (SSSR count). The molecule has 1 fully saturated rings. The minimum atomic E-state index is -0.344. The fourth-order valence-corrected chi connectivity index (χ4v) is 1.67. The lowest BCUT2D eigenvalue weighted by Crippen LogP contribution is -2.37. The highest BCUT2D eigenvalue weighted by Gasteiger charge is 2.20. The molecule has 3 nitrogen and oxygen atoms in total. The highest BCUT2D eigenvalue weighted by molar-refractivity contribution is 6.30. The fraction of sp³-hybridized carbons (Fsp3) is 0.300. The quantitative estimate of drug-likeness (QED) is 0.773. The maximum absolute atomic E-state index is 10.7. The number of benzene rings is 1. The van der Waals surface area contributed by atoms with Crippen LogP contribution in [0.15, 0.2) is 24.3 Å². The smallest absolute Gasteiger partial charge is 0.407 e. The molecule has 0 spiro atoms. The Labute approximate surface area is 87.0 Å². The van der Waals surface area contributed by atoms with Crippen LogP contribution in [0, 0.1) is 0 Å². The molecule has 0 saturated carbocycles. The van der Waals surface area contributed by atoms with Gasteiger partial charge in [0.1, 0.15) is 6.61 Å². The Kier molecular flexibility index (Phi) is 2.59. The van der Waals surface area contributed by atoms with Gasteiger partial charge in [-0.3, -0.25) is 0 Å². The molecular formula is C10H10ClNO2. The van der Waals surface area contributed by atoms with Crippen molar-refractivity contribution in [1.82, 2.24) is 5.32 Å². The zero-order chi connectivity index (χ0) is 9.97. The number of amides is 1. The van der Waals surface area contributed by atoms with Crippen LogP contribution in [0.3, 0.4) is 0 Å². The molecule has 1 saturated heterocycles. The van der Waals surface area contributed by atoms with Crippen molar-refractivity contribution in [1.29, 1.82) is 0 Å². The molecule has 0 unspecified atom stereocenters. The SMILES string of the molecule is O=C1NC[C@H](c2cccc(Cl)c2)CO1. The predicted octanol–water partition coefficient (Wildman–Crippen LogP) is 2.16. The monoisotopic (exact) mass is 211 g/mol. The van der Waals surface area contributed by atoms with Gasteiger partial charge < -0.3 is 10.1 Å². The van der Waals surface area contributed by atoms with Crippen LogP contribution in [0.1, 0.15) is 11.5 Å². The largest absolute Gasteiger partial charge is 0.449 e. The minimum absolute atomic E-state index is 0.200. The van der Waals surface area contributed by atoms with Gasteiger partial charge in [-0.25, -0.2) is 4.79 Å². The van der Waals surface area contributed by atoms with Gasteiger partial charge in [-0.1, -0.05) is 23.7 Å². The van der Waals surface area contributed by atoms with E-state index in [9.17, 15) is 4.79 Å². The fourth-order valence-electron chi connectivity index (χ4n) is 1.47. The number of carbonyl (C=O) groups is 1. The molecule has 0 bridgehead atoms. The van der Waals surface area contributed by atoms with Gasteiger partial charge >= 0.3 is 6.09 Å². The molecule has 74 valence electrons. The highest BCUT2D eigenvalue weighted by atomic mass is 35.5. The zero-order valence-electron chi connectivity index (χ0n) is 7.50. The standard InChI is InChI=1S/C10H10ClNO2/c11-9-3-1-2-7(4-9)8-5-12-10(13)14-6-8/h1-4,8H,5-6H2,(H,12,13)/t8-/m0/s1. The number of hydrogen-bond acceptors (Lipinski definition) is 2. The number of nitrogens with one attached hydrogen (secondary N) is 1. The van der Waals surface area contributed by atoms with Crippen molar-refractivity contribution in [3.05, 3.63) is 34.9 Å². The van der Waals surface area contributed by atoms with Crippen LogP contribution in [-0.2, 0) is 4.74 Å². The third-order valence-corrected chi connectivity index (χ3v) is 2.46. The zero-order valence-corrected chi connectivity index (χ0v) is 8.25. The van der Waals surface area contributed by atoms with Crippen molar-refractivity contribution in [2.45, 2.75) is 5.92 Å². The van der Waals surface area contributed by atoms with Gasteiger partial charge in [0.15, 0.2) is 0 Å². The first-order valence-electron chi connectivity index (χ1n) is 4.42. The number of hydrogen-bond donors (Lipinski definition) is 1. The molecule has 1 aliphatic rings. The van der Waals surface area contributed by atoms with E-state index in [1.807, 2.05) is 24.3 Å². The molecular weight excluding hydrogens is 202 g/mol. The third kappa shape index (κ3) is 1.99. The maximum atomic E-state index is 10.7. The normalized spacial score (nSPS) is 21.2. The molecule has 1 heterocycles. The summed E-state index contributed by atoms with van der Waals surface area (Å²) in [5.74, 6) is 0.200. The van der Waals surface area contributed by atoms with Crippen LogP contribution in [0.5, 0.6) is 0 Å². The molecule has 1 N–H and O–H groups in total. The van der Waals surface area contributed by atoms with E-state index >= 15 is 0 Å². The van der Waals surface area contributed by atoms with Crippen molar-refractivity contribution in [3.63, 3.8) is 0 Å². The first-order chi connectivity index (χ1) is 6.75. The molecule has 1 atom stereocenters. The maximum Gasteiger partial charge on any atom is 0.407 e. The summed E-state index contributed by atoms with van der Waals surface area (Å²) < 4.78 is 4.89. The van der Waals surface area contributed by atoms with Gasteiger partial charge in [-0.2, -0.15) is 0 Å². The Morgan fingerprint density at radius 1 is 1.50 bits per heavy atom. The van der Waals surface area contributed by atoms with Crippen molar-refractivity contribution in [2.75, 3.05) is 13.2 Å². The number of carbonyl (C=O) groups excluding carboxylic acids is 1. The van der Waals surface area contributed by atoms with Crippen molar-refractivity contribution in [2.24, 2.45) is 0 Å². The van der Waals surface area contributed by atoms with Gasteiger partial charge in [-0.15, -0.1) is 0 Å². The van der Waals surface area contributed by atoms with E-state index in [-0.39, 0.29) is 12.0 Å². The molecule has 14 heavy (non-hydrogen) atoms. The van der Waals surface area contributed by atoms with E-state index in [4.69, 9.17) is 16.3 Å². The average Bonchev–Trinajstić information content (AvgIpc) is 2.19. The van der Waals surface area contributed by atoms with Gasteiger partial charge in [-0.05, 0) is 17.7 Å². The van der Waals surface area contributed by atoms with Crippen molar-refractivity contribution in [3.8, 4) is 0 Å². The summed E-state index contributed by atoms with van der Waals surface area (Å²) in [5, 5.41) is 3.35. The van der Waals surface area contributed by atoms with Gasteiger partial charge in [0, 0.05) is 17.5 Å². The van der Waals surface area contributed by atoms with E-state index in [2.05, 4.69) is 5.32 Å². The minimum Gasteiger partial charge on any atom is -0.449 e. The summed E-state index contributed by atoms with van der Waals surface area (Å²) in [6, 6.07) is 7.60. The summed E-state index contributed by atoms with van der Waals surface area (Å²) >= 11 is 5.86. The van der Waals surface area contributed by atoms with E-state index in [1.165, 1.54) is 0 Å². The summed E-state index contributed by atoms with van der Waals surface area (Å²) in [7, 11) is 0. The Hall–Kier alpha value is -1.22.